The fourth-order valence-electron chi connectivity index (χ4n) is 2.44. The van der Waals surface area contributed by atoms with Crippen LogP contribution in [0.25, 0.3) is 0 Å². The Morgan fingerprint density at radius 2 is 2.20 bits per heavy atom. The molecule has 0 amide bonds. The topological polar surface area (TPSA) is 54.3 Å². The Labute approximate surface area is 120 Å². The fourth-order valence-corrected chi connectivity index (χ4v) is 2.44. The average molecular weight is 274 g/mol. The van der Waals surface area contributed by atoms with E-state index in [1.807, 2.05) is 44.2 Å². The molecule has 1 fully saturated rings. The molecule has 0 saturated carbocycles. The van der Waals surface area contributed by atoms with E-state index in [9.17, 15) is 5.26 Å². The number of hydrogen-bond acceptors (Lipinski definition) is 4. The molecule has 1 aliphatic rings. The van der Waals surface area contributed by atoms with Crippen LogP contribution in [0.3, 0.4) is 0 Å². The van der Waals surface area contributed by atoms with Gasteiger partial charge in [0, 0.05) is 12.6 Å². The first-order chi connectivity index (χ1) is 9.66. The standard InChI is InChI=1S/C16H22N2O2/c1-13(2)18-16(11-17,14-6-4-3-5-7-14)12-20-15-8-9-19-10-15/h3-7,13,15,18H,8-10,12H2,1-2H3. The molecule has 1 N–H and O–H groups in total. The van der Waals surface area contributed by atoms with Crippen LogP contribution in [0.2, 0.25) is 0 Å². The van der Waals surface area contributed by atoms with Gasteiger partial charge in [0.05, 0.1) is 25.4 Å². The number of nitrogens with one attached hydrogen (secondary N) is 1. The van der Waals surface area contributed by atoms with Crippen LogP contribution in [0.15, 0.2) is 30.3 Å². The van der Waals surface area contributed by atoms with Gasteiger partial charge in [0.2, 0.25) is 0 Å². The average Bonchev–Trinajstić information content (AvgIpc) is 2.97. The minimum atomic E-state index is -0.808. The molecule has 2 rings (SSSR count). The third kappa shape index (κ3) is 3.57. The summed E-state index contributed by atoms with van der Waals surface area (Å²) < 4.78 is 11.2. The molecule has 1 saturated heterocycles. The van der Waals surface area contributed by atoms with Gasteiger partial charge in [0.25, 0.3) is 0 Å². The fraction of sp³-hybridized carbons (Fsp3) is 0.562. The number of rotatable bonds is 6. The highest BCUT2D eigenvalue weighted by Crippen LogP contribution is 2.23. The molecule has 4 heteroatoms. The van der Waals surface area contributed by atoms with Crippen molar-refractivity contribution in [3.63, 3.8) is 0 Å². The predicted octanol–water partition coefficient (Wildman–Crippen LogP) is 2.21. The maximum absolute atomic E-state index is 9.73. The lowest BCUT2D eigenvalue weighted by Crippen LogP contribution is -2.49. The van der Waals surface area contributed by atoms with Gasteiger partial charge in [0.1, 0.15) is 0 Å². The van der Waals surface area contributed by atoms with Crippen molar-refractivity contribution in [2.75, 3.05) is 19.8 Å². The molecule has 1 heterocycles. The van der Waals surface area contributed by atoms with E-state index in [2.05, 4.69) is 11.4 Å². The zero-order valence-corrected chi connectivity index (χ0v) is 12.1. The minimum absolute atomic E-state index is 0.0976. The van der Waals surface area contributed by atoms with Gasteiger partial charge in [-0.25, -0.2) is 0 Å². The van der Waals surface area contributed by atoms with Gasteiger partial charge in [-0.15, -0.1) is 0 Å². The van der Waals surface area contributed by atoms with Gasteiger partial charge in [-0.05, 0) is 25.8 Å². The second kappa shape index (κ2) is 6.85. The summed E-state index contributed by atoms with van der Waals surface area (Å²) in [7, 11) is 0. The van der Waals surface area contributed by atoms with Crippen molar-refractivity contribution < 1.29 is 9.47 Å². The third-order valence-electron chi connectivity index (χ3n) is 3.42. The Morgan fingerprint density at radius 3 is 2.75 bits per heavy atom. The summed E-state index contributed by atoms with van der Waals surface area (Å²) in [6.45, 7) is 5.77. The summed E-state index contributed by atoms with van der Waals surface area (Å²) in [6, 6.07) is 12.4. The third-order valence-corrected chi connectivity index (χ3v) is 3.42. The molecule has 2 atom stereocenters. The zero-order chi connectivity index (χ0) is 14.4. The van der Waals surface area contributed by atoms with Gasteiger partial charge in [-0.2, -0.15) is 5.26 Å². The van der Waals surface area contributed by atoms with E-state index >= 15 is 0 Å². The lowest BCUT2D eigenvalue weighted by Gasteiger charge is -2.31. The van der Waals surface area contributed by atoms with E-state index in [4.69, 9.17) is 9.47 Å². The second-order valence-corrected chi connectivity index (χ2v) is 5.48. The molecule has 1 aromatic carbocycles. The van der Waals surface area contributed by atoms with E-state index < -0.39 is 5.54 Å². The van der Waals surface area contributed by atoms with E-state index in [0.29, 0.717) is 13.2 Å². The van der Waals surface area contributed by atoms with E-state index in [0.717, 1.165) is 18.6 Å². The summed E-state index contributed by atoms with van der Waals surface area (Å²) in [5.74, 6) is 0. The van der Waals surface area contributed by atoms with E-state index in [1.165, 1.54) is 0 Å². The molecular weight excluding hydrogens is 252 g/mol. The number of ether oxygens (including phenoxy) is 2. The van der Waals surface area contributed by atoms with Crippen LogP contribution in [0, 0.1) is 11.3 Å². The maximum atomic E-state index is 9.73. The Kier molecular flexibility index (Phi) is 5.13. The van der Waals surface area contributed by atoms with E-state index in [-0.39, 0.29) is 12.1 Å². The molecule has 0 aromatic heterocycles. The van der Waals surface area contributed by atoms with Gasteiger partial charge < -0.3 is 9.47 Å². The van der Waals surface area contributed by atoms with Gasteiger partial charge in [-0.1, -0.05) is 30.3 Å². The summed E-state index contributed by atoms with van der Waals surface area (Å²) in [5.41, 5.74) is 0.132. The molecule has 0 bridgehead atoms. The molecule has 0 aliphatic carbocycles. The number of benzene rings is 1. The van der Waals surface area contributed by atoms with Crippen molar-refractivity contribution in [3.05, 3.63) is 35.9 Å². The molecule has 0 spiro atoms. The SMILES string of the molecule is CC(C)NC(C#N)(COC1CCOC1)c1ccccc1. The van der Waals surface area contributed by atoms with Crippen LogP contribution in [0.1, 0.15) is 25.8 Å². The first-order valence-corrected chi connectivity index (χ1v) is 7.10. The van der Waals surface area contributed by atoms with Gasteiger partial charge >= 0.3 is 0 Å². The van der Waals surface area contributed by atoms with Crippen LogP contribution < -0.4 is 5.32 Å². The Balaban J connectivity index is 2.16. The lowest BCUT2D eigenvalue weighted by molar-refractivity contribution is 0.0141. The van der Waals surface area contributed by atoms with E-state index in [1.54, 1.807) is 0 Å². The second-order valence-electron chi connectivity index (χ2n) is 5.48. The first-order valence-electron chi connectivity index (χ1n) is 7.10. The Bertz CT molecular complexity index is 449. The summed E-state index contributed by atoms with van der Waals surface area (Å²) in [5, 5.41) is 13.1. The van der Waals surface area contributed by atoms with Crippen LogP contribution >= 0.6 is 0 Å². The molecule has 2 unspecified atom stereocenters. The molecule has 1 aromatic rings. The summed E-state index contributed by atoms with van der Waals surface area (Å²) in [6.07, 6.45) is 0.998. The Morgan fingerprint density at radius 1 is 1.45 bits per heavy atom. The normalized spacial score (nSPS) is 21.6. The lowest BCUT2D eigenvalue weighted by atomic mass is 9.91. The van der Waals surface area contributed by atoms with Crippen LogP contribution in [0.5, 0.6) is 0 Å². The van der Waals surface area contributed by atoms with Crippen LogP contribution in [0.4, 0.5) is 0 Å². The predicted molar refractivity (Wildman–Crippen MR) is 77.2 cm³/mol. The molecular formula is C16H22N2O2. The zero-order valence-electron chi connectivity index (χ0n) is 12.1. The van der Waals surface area contributed by atoms with Crippen molar-refractivity contribution in [2.45, 2.75) is 38.0 Å². The smallest absolute Gasteiger partial charge is 0.156 e. The quantitative estimate of drug-likeness (QED) is 0.864. The monoisotopic (exact) mass is 274 g/mol. The molecule has 1 aliphatic heterocycles. The van der Waals surface area contributed by atoms with Crippen LogP contribution in [-0.2, 0) is 15.0 Å². The number of hydrogen-bond donors (Lipinski definition) is 1. The molecule has 20 heavy (non-hydrogen) atoms. The number of nitrogens with zero attached hydrogens (tertiary/aromatic N) is 1. The largest absolute Gasteiger partial charge is 0.379 e. The van der Waals surface area contributed by atoms with Crippen molar-refractivity contribution in [3.8, 4) is 6.07 Å². The van der Waals surface area contributed by atoms with Crippen molar-refractivity contribution >= 4 is 0 Å². The molecule has 0 radical (unpaired) electrons. The van der Waals surface area contributed by atoms with Crippen molar-refractivity contribution in [1.29, 1.82) is 5.26 Å². The highest BCUT2D eigenvalue weighted by Gasteiger charge is 2.34. The van der Waals surface area contributed by atoms with Crippen LogP contribution in [-0.4, -0.2) is 32.0 Å². The number of nitriles is 1. The highest BCUT2D eigenvalue weighted by atomic mass is 16.5. The first kappa shape index (κ1) is 15.0. The van der Waals surface area contributed by atoms with Gasteiger partial charge in [-0.3, -0.25) is 5.32 Å². The summed E-state index contributed by atoms with van der Waals surface area (Å²) in [4.78, 5) is 0. The summed E-state index contributed by atoms with van der Waals surface area (Å²) >= 11 is 0. The van der Waals surface area contributed by atoms with Crippen molar-refractivity contribution in [1.82, 2.24) is 5.32 Å². The molecule has 108 valence electrons. The molecule has 4 nitrogen and oxygen atoms in total. The van der Waals surface area contributed by atoms with Gasteiger partial charge in [0.15, 0.2) is 5.54 Å². The minimum Gasteiger partial charge on any atom is -0.379 e. The Hall–Kier alpha value is -1.41. The van der Waals surface area contributed by atoms with Crippen molar-refractivity contribution in [2.24, 2.45) is 0 Å². The maximum Gasteiger partial charge on any atom is 0.156 e. The highest BCUT2D eigenvalue weighted by molar-refractivity contribution is 5.31.